The van der Waals surface area contributed by atoms with Gasteiger partial charge >= 0.3 is 0 Å². The van der Waals surface area contributed by atoms with E-state index in [9.17, 15) is 0 Å². The van der Waals surface area contributed by atoms with Crippen LogP contribution in [0.2, 0.25) is 0 Å². The fourth-order valence-electron chi connectivity index (χ4n) is 0.795. The van der Waals surface area contributed by atoms with Crippen LogP contribution in [0.4, 0.5) is 0 Å². The van der Waals surface area contributed by atoms with Crippen molar-refractivity contribution in [1.82, 2.24) is 9.59 Å². The van der Waals surface area contributed by atoms with Gasteiger partial charge in [0.25, 0.3) is 0 Å². The number of hydrogen-bond acceptors (Lipinski definition) is 4. The molecule has 0 aliphatic rings. The van der Waals surface area contributed by atoms with Crippen LogP contribution in [0.3, 0.4) is 0 Å². The number of hydrogen-bond donors (Lipinski definition) is 1. The molecule has 0 spiro atoms. The predicted octanol–water partition coefficient (Wildman–Crippen LogP) is 1.54. The predicted molar refractivity (Wildman–Crippen MR) is 49.1 cm³/mol. The highest BCUT2D eigenvalue weighted by Crippen LogP contribution is 2.18. The van der Waals surface area contributed by atoms with Gasteiger partial charge in [-0.25, -0.2) is 0 Å². The van der Waals surface area contributed by atoms with Gasteiger partial charge in [0.05, 0.1) is 10.6 Å². The normalized spacial score (nSPS) is 9.82. The lowest BCUT2D eigenvalue weighted by Crippen LogP contribution is -1.99. The highest BCUT2D eigenvalue weighted by molar-refractivity contribution is 7.05. The number of rotatable bonds is 2. The zero-order valence-electron chi connectivity index (χ0n) is 6.57. The number of nitrogens with zero attached hydrogens (tertiary/aromatic N) is 2. The van der Waals surface area contributed by atoms with Crippen molar-refractivity contribution < 1.29 is 0 Å². The van der Waals surface area contributed by atoms with Gasteiger partial charge in [-0.05, 0) is 17.5 Å². The maximum atomic E-state index is 5.46. The second-order valence-corrected chi connectivity index (χ2v) is 3.28. The summed E-state index contributed by atoms with van der Waals surface area (Å²) in [6, 6.07) is 0. The lowest BCUT2D eigenvalue weighted by molar-refractivity contribution is 0.795. The second-order valence-electron chi connectivity index (χ2n) is 2.44. The Bertz CT molecular complexity index is 211. The topological polar surface area (TPSA) is 51.8 Å². The fraction of sp³-hybridized carbons (Fsp3) is 0.667. The lowest BCUT2D eigenvalue weighted by Gasteiger charge is -1.99. The van der Waals surface area contributed by atoms with E-state index in [-0.39, 0.29) is 12.4 Å². The molecule has 11 heavy (non-hydrogen) atoms. The summed E-state index contributed by atoms with van der Waals surface area (Å²) in [4.78, 5) is 1.11. The number of halogens is 1. The van der Waals surface area contributed by atoms with Crippen molar-refractivity contribution in [1.29, 1.82) is 0 Å². The molecule has 0 bridgehead atoms. The number of nitrogens with two attached hydrogens (primary N) is 1. The van der Waals surface area contributed by atoms with Crippen LogP contribution in [0, 0.1) is 0 Å². The van der Waals surface area contributed by atoms with Gasteiger partial charge in [0.2, 0.25) is 0 Å². The Kier molecular flexibility index (Phi) is 4.56. The molecular formula is C6H12ClN3S. The first-order chi connectivity index (χ1) is 4.75. The zero-order valence-corrected chi connectivity index (χ0v) is 8.21. The molecule has 1 rings (SSSR count). The molecule has 1 aromatic rings. The summed E-state index contributed by atoms with van der Waals surface area (Å²) in [5.74, 6) is 0.442. The fourth-order valence-corrected chi connectivity index (χ4v) is 1.47. The first kappa shape index (κ1) is 10.8. The molecular weight excluding hydrogens is 182 g/mol. The third-order valence-electron chi connectivity index (χ3n) is 1.32. The van der Waals surface area contributed by atoms with Gasteiger partial charge in [-0.3, -0.25) is 0 Å². The molecule has 0 unspecified atom stereocenters. The van der Waals surface area contributed by atoms with Crippen LogP contribution >= 0.6 is 23.9 Å². The van der Waals surface area contributed by atoms with Crippen molar-refractivity contribution in [2.24, 2.45) is 5.73 Å². The SMILES string of the molecule is CC(C)c1nnsc1CN.Cl. The van der Waals surface area contributed by atoms with E-state index in [1.165, 1.54) is 11.5 Å². The third kappa shape index (κ3) is 2.39. The quantitative estimate of drug-likeness (QED) is 0.776. The standard InChI is InChI=1S/C6H11N3S.ClH/c1-4(2)6-5(3-7)10-9-8-6;/h4H,3,7H2,1-2H3;1H. The molecule has 0 aliphatic carbocycles. The molecule has 64 valence electrons. The Morgan fingerprint density at radius 1 is 1.55 bits per heavy atom. The summed E-state index contributed by atoms with van der Waals surface area (Å²) in [6.07, 6.45) is 0. The van der Waals surface area contributed by atoms with Gasteiger partial charge in [-0.1, -0.05) is 18.3 Å². The van der Waals surface area contributed by atoms with E-state index in [4.69, 9.17) is 5.73 Å². The van der Waals surface area contributed by atoms with Gasteiger partial charge in [0, 0.05) is 6.54 Å². The van der Waals surface area contributed by atoms with E-state index in [0.717, 1.165) is 10.6 Å². The van der Waals surface area contributed by atoms with E-state index in [2.05, 4.69) is 23.4 Å². The van der Waals surface area contributed by atoms with E-state index in [1.54, 1.807) is 0 Å². The molecule has 0 amide bonds. The second kappa shape index (κ2) is 4.64. The van der Waals surface area contributed by atoms with E-state index in [0.29, 0.717) is 12.5 Å². The van der Waals surface area contributed by atoms with E-state index >= 15 is 0 Å². The average Bonchev–Trinajstić information content (AvgIpc) is 2.33. The molecule has 0 atom stereocenters. The molecule has 3 nitrogen and oxygen atoms in total. The maximum Gasteiger partial charge on any atom is 0.0825 e. The van der Waals surface area contributed by atoms with Gasteiger partial charge in [-0.15, -0.1) is 17.5 Å². The van der Waals surface area contributed by atoms with Crippen molar-refractivity contribution in [2.75, 3.05) is 0 Å². The molecule has 5 heteroatoms. The highest BCUT2D eigenvalue weighted by atomic mass is 35.5. The molecule has 0 fully saturated rings. The van der Waals surface area contributed by atoms with Crippen molar-refractivity contribution in [3.8, 4) is 0 Å². The van der Waals surface area contributed by atoms with Gasteiger partial charge in [0.1, 0.15) is 0 Å². The minimum absolute atomic E-state index is 0. The molecule has 0 saturated heterocycles. The van der Waals surface area contributed by atoms with Gasteiger partial charge < -0.3 is 5.73 Å². The largest absolute Gasteiger partial charge is 0.326 e. The zero-order chi connectivity index (χ0) is 7.56. The number of aromatic nitrogens is 2. The van der Waals surface area contributed by atoms with Crippen LogP contribution in [0.5, 0.6) is 0 Å². The van der Waals surface area contributed by atoms with E-state index in [1.807, 2.05) is 0 Å². The minimum atomic E-state index is 0. The highest BCUT2D eigenvalue weighted by Gasteiger charge is 2.08. The van der Waals surface area contributed by atoms with Crippen LogP contribution in [0.1, 0.15) is 30.3 Å². The smallest absolute Gasteiger partial charge is 0.0825 e. The van der Waals surface area contributed by atoms with Crippen LogP contribution in [0.25, 0.3) is 0 Å². The Labute approximate surface area is 76.6 Å². The monoisotopic (exact) mass is 193 g/mol. The van der Waals surface area contributed by atoms with Crippen molar-refractivity contribution in [3.05, 3.63) is 10.6 Å². The van der Waals surface area contributed by atoms with Crippen LogP contribution in [0.15, 0.2) is 0 Å². The Hall–Kier alpha value is -0.190. The minimum Gasteiger partial charge on any atom is -0.326 e. The summed E-state index contributed by atoms with van der Waals surface area (Å²) < 4.78 is 3.83. The molecule has 0 saturated carbocycles. The summed E-state index contributed by atoms with van der Waals surface area (Å²) in [7, 11) is 0. The summed E-state index contributed by atoms with van der Waals surface area (Å²) in [5, 5.41) is 3.98. The first-order valence-electron chi connectivity index (χ1n) is 3.27. The average molecular weight is 194 g/mol. The molecule has 0 aliphatic heterocycles. The molecule has 0 radical (unpaired) electrons. The molecule has 2 N–H and O–H groups in total. The van der Waals surface area contributed by atoms with Gasteiger partial charge in [0.15, 0.2) is 0 Å². The molecule has 1 aromatic heterocycles. The Morgan fingerprint density at radius 3 is 2.55 bits per heavy atom. The Balaban J connectivity index is 0.000001000. The third-order valence-corrected chi connectivity index (χ3v) is 2.08. The maximum absolute atomic E-state index is 5.46. The van der Waals surface area contributed by atoms with Crippen molar-refractivity contribution >= 4 is 23.9 Å². The molecule has 1 heterocycles. The van der Waals surface area contributed by atoms with Crippen molar-refractivity contribution in [2.45, 2.75) is 26.3 Å². The lowest BCUT2D eigenvalue weighted by atomic mass is 10.1. The van der Waals surface area contributed by atoms with Crippen LogP contribution in [-0.4, -0.2) is 9.59 Å². The summed E-state index contributed by atoms with van der Waals surface area (Å²) in [6.45, 7) is 4.75. The van der Waals surface area contributed by atoms with Gasteiger partial charge in [-0.2, -0.15) is 0 Å². The van der Waals surface area contributed by atoms with E-state index < -0.39 is 0 Å². The summed E-state index contributed by atoms with van der Waals surface area (Å²) in [5.41, 5.74) is 6.51. The van der Waals surface area contributed by atoms with Crippen LogP contribution in [-0.2, 0) is 6.54 Å². The van der Waals surface area contributed by atoms with Crippen molar-refractivity contribution in [3.63, 3.8) is 0 Å². The first-order valence-corrected chi connectivity index (χ1v) is 4.04. The van der Waals surface area contributed by atoms with Crippen LogP contribution < -0.4 is 5.73 Å². The Morgan fingerprint density at radius 2 is 2.18 bits per heavy atom. The molecule has 0 aromatic carbocycles. The summed E-state index contributed by atoms with van der Waals surface area (Å²) >= 11 is 1.39.